The van der Waals surface area contributed by atoms with Crippen molar-refractivity contribution in [1.82, 2.24) is 0 Å². The maximum Gasteiger partial charge on any atom is 0.126 e. The van der Waals surface area contributed by atoms with Crippen molar-refractivity contribution in [2.75, 3.05) is 0 Å². The van der Waals surface area contributed by atoms with Gasteiger partial charge in [-0.1, -0.05) is 19.3 Å². The fourth-order valence-electron chi connectivity index (χ4n) is 2.94. The Morgan fingerprint density at radius 3 is 2.31 bits per heavy atom. The number of aliphatic hydroxyl groups excluding tert-OH is 1. The highest BCUT2D eigenvalue weighted by Gasteiger charge is 2.47. The van der Waals surface area contributed by atoms with E-state index in [2.05, 4.69) is 0 Å². The van der Waals surface area contributed by atoms with E-state index in [1.54, 1.807) is 0 Å². The van der Waals surface area contributed by atoms with Gasteiger partial charge in [0.2, 0.25) is 0 Å². The topological polar surface area (TPSA) is 37.3 Å². The van der Waals surface area contributed by atoms with Crippen LogP contribution < -0.4 is 0 Å². The van der Waals surface area contributed by atoms with Gasteiger partial charge in [-0.2, -0.15) is 0 Å². The zero-order valence-corrected chi connectivity index (χ0v) is 8.04. The van der Waals surface area contributed by atoms with Gasteiger partial charge in [0.25, 0.3) is 0 Å². The van der Waals surface area contributed by atoms with E-state index in [1.807, 2.05) is 0 Å². The monoisotopic (exact) mass is 182 g/mol. The van der Waals surface area contributed by atoms with Gasteiger partial charge in [-0.3, -0.25) is 0 Å². The first-order valence-electron chi connectivity index (χ1n) is 5.43. The predicted molar refractivity (Wildman–Crippen MR) is 50.3 cm³/mol. The summed E-state index contributed by atoms with van der Waals surface area (Å²) in [5.74, 6) is 0.271. The van der Waals surface area contributed by atoms with Crippen LogP contribution in [0, 0.1) is 11.3 Å². The zero-order chi connectivity index (χ0) is 9.31. The van der Waals surface area contributed by atoms with E-state index in [-0.39, 0.29) is 17.4 Å². The van der Waals surface area contributed by atoms with Crippen LogP contribution >= 0.6 is 0 Å². The number of aldehydes is 1. The lowest BCUT2D eigenvalue weighted by atomic mass is 9.57. The summed E-state index contributed by atoms with van der Waals surface area (Å²) in [4.78, 5) is 11.0. The highest BCUT2D eigenvalue weighted by Crippen LogP contribution is 2.50. The minimum absolute atomic E-state index is 0.125. The molecular formula is C11H18O2. The van der Waals surface area contributed by atoms with Crippen LogP contribution in [-0.4, -0.2) is 17.5 Å². The van der Waals surface area contributed by atoms with Crippen LogP contribution in [0.25, 0.3) is 0 Å². The van der Waals surface area contributed by atoms with Crippen LogP contribution in [0.15, 0.2) is 0 Å². The van der Waals surface area contributed by atoms with E-state index in [0.29, 0.717) is 0 Å². The molecule has 2 saturated carbocycles. The Kier molecular flexibility index (Phi) is 2.41. The second kappa shape index (κ2) is 3.41. The smallest absolute Gasteiger partial charge is 0.126 e. The average molecular weight is 182 g/mol. The molecule has 0 bridgehead atoms. The van der Waals surface area contributed by atoms with Gasteiger partial charge in [0.05, 0.1) is 6.10 Å². The van der Waals surface area contributed by atoms with Crippen LogP contribution in [-0.2, 0) is 4.79 Å². The number of carbonyl (C=O) groups excluding carboxylic acids is 1. The Bertz CT molecular complexity index is 196. The molecule has 0 saturated heterocycles. The standard InChI is InChI=1S/C11H18O2/c12-8-11(6-3-7-11)9-4-1-2-5-10(9)13/h8-10,13H,1-7H2. The van der Waals surface area contributed by atoms with Crippen LogP contribution in [0.2, 0.25) is 0 Å². The van der Waals surface area contributed by atoms with Gasteiger partial charge in [0.1, 0.15) is 6.29 Å². The van der Waals surface area contributed by atoms with E-state index in [1.165, 1.54) is 12.8 Å². The Hall–Kier alpha value is -0.370. The fourth-order valence-corrected chi connectivity index (χ4v) is 2.94. The first kappa shape index (κ1) is 9.20. The summed E-state index contributed by atoms with van der Waals surface area (Å²) in [6.07, 6.45) is 8.39. The molecule has 2 fully saturated rings. The number of aliphatic hydroxyl groups is 1. The van der Waals surface area contributed by atoms with Gasteiger partial charge in [-0.25, -0.2) is 0 Å². The Morgan fingerprint density at radius 2 is 1.85 bits per heavy atom. The molecule has 0 spiro atoms. The molecule has 0 aromatic rings. The van der Waals surface area contributed by atoms with Crippen molar-refractivity contribution in [3.8, 4) is 0 Å². The molecule has 0 radical (unpaired) electrons. The lowest BCUT2D eigenvalue weighted by Crippen LogP contribution is -2.45. The number of hydrogen-bond donors (Lipinski definition) is 1. The van der Waals surface area contributed by atoms with E-state index < -0.39 is 0 Å². The van der Waals surface area contributed by atoms with Crippen LogP contribution in [0.3, 0.4) is 0 Å². The van der Waals surface area contributed by atoms with Crippen LogP contribution in [0.1, 0.15) is 44.9 Å². The zero-order valence-electron chi connectivity index (χ0n) is 8.04. The normalized spacial score (nSPS) is 37.9. The number of carbonyl (C=O) groups is 1. The molecule has 2 aliphatic carbocycles. The van der Waals surface area contributed by atoms with Crippen molar-refractivity contribution in [3.05, 3.63) is 0 Å². The van der Waals surface area contributed by atoms with Crippen molar-refractivity contribution in [2.45, 2.75) is 51.0 Å². The predicted octanol–water partition coefficient (Wildman–Crippen LogP) is 1.91. The molecule has 0 aromatic heterocycles. The lowest BCUT2D eigenvalue weighted by Gasteiger charge is -2.47. The minimum Gasteiger partial charge on any atom is -0.393 e. The molecule has 0 heterocycles. The summed E-state index contributed by atoms with van der Waals surface area (Å²) in [6.45, 7) is 0. The van der Waals surface area contributed by atoms with E-state index >= 15 is 0 Å². The highest BCUT2D eigenvalue weighted by molar-refractivity contribution is 5.61. The summed E-state index contributed by atoms with van der Waals surface area (Å²) in [5, 5.41) is 9.84. The third-order valence-corrected chi connectivity index (χ3v) is 3.99. The third kappa shape index (κ3) is 1.41. The molecule has 0 aliphatic heterocycles. The van der Waals surface area contributed by atoms with Crippen molar-refractivity contribution >= 4 is 6.29 Å². The SMILES string of the molecule is O=CC1(C2CCCCC2O)CCC1. The van der Waals surface area contributed by atoms with Crippen molar-refractivity contribution in [1.29, 1.82) is 0 Å². The molecule has 0 amide bonds. The highest BCUT2D eigenvalue weighted by atomic mass is 16.3. The molecular weight excluding hydrogens is 164 g/mol. The summed E-state index contributed by atoms with van der Waals surface area (Å²) in [5.41, 5.74) is -0.125. The molecule has 1 N–H and O–H groups in total. The summed E-state index contributed by atoms with van der Waals surface area (Å²) in [6, 6.07) is 0. The molecule has 13 heavy (non-hydrogen) atoms. The Morgan fingerprint density at radius 1 is 1.15 bits per heavy atom. The molecule has 2 nitrogen and oxygen atoms in total. The van der Waals surface area contributed by atoms with Gasteiger partial charge in [0, 0.05) is 5.41 Å². The average Bonchev–Trinajstić information content (AvgIpc) is 2.07. The van der Waals surface area contributed by atoms with E-state index in [9.17, 15) is 9.90 Å². The van der Waals surface area contributed by atoms with Crippen LogP contribution in [0.5, 0.6) is 0 Å². The Balaban J connectivity index is 2.08. The van der Waals surface area contributed by atoms with E-state index in [4.69, 9.17) is 0 Å². The van der Waals surface area contributed by atoms with Gasteiger partial charge in [0.15, 0.2) is 0 Å². The first-order chi connectivity index (χ1) is 6.28. The summed E-state index contributed by atoms with van der Waals surface area (Å²) >= 11 is 0. The summed E-state index contributed by atoms with van der Waals surface area (Å²) < 4.78 is 0. The Labute approximate surface area is 79.3 Å². The number of rotatable bonds is 2. The van der Waals surface area contributed by atoms with E-state index in [0.717, 1.165) is 38.4 Å². The van der Waals surface area contributed by atoms with Crippen molar-refractivity contribution < 1.29 is 9.90 Å². The molecule has 0 aromatic carbocycles. The largest absolute Gasteiger partial charge is 0.393 e. The molecule has 2 rings (SSSR count). The van der Waals surface area contributed by atoms with Gasteiger partial charge in [-0.15, -0.1) is 0 Å². The quantitative estimate of drug-likeness (QED) is 0.662. The maximum absolute atomic E-state index is 11.0. The molecule has 2 heteroatoms. The van der Waals surface area contributed by atoms with Gasteiger partial charge in [-0.05, 0) is 31.6 Å². The fraction of sp³-hybridized carbons (Fsp3) is 0.909. The minimum atomic E-state index is -0.209. The lowest BCUT2D eigenvalue weighted by molar-refractivity contribution is -0.132. The second-order valence-corrected chi connectivity index (χ2v) is 4.66. The molecule has 2 atom stereocenters. The molecule has 2 unspecified atom stereocenters. The molecule has 2 aliphatic rings. The maximum atomic E-state index is 11.0. The molecule has 74 valence electrons. The summed E-state index contributed by atoms with van der Waals surface area (Å²) in [7, 11) is 0. The van der Waals surface area contributed by atoms with Gasteiger partial charge >= 0.3 is 0 Å². The van der Waals surface area contributed by atoms with Crippen LogP contribution in [0.4, 0.5) is 0 Å². The van der Waals surface area contributed by atoms with Gasteiger partial charge < -0.3 is 9.90 Å². The van der Waals surface area contributed by atoms with Crippen molar-refractivity contribution in [3.63, 3.8) is 0 Å². The second-order valence-electron chi connectivity index (χ2n) is 4.66. The first-order valence-corrected chi connectivity index (χ1v) is 5.43. The number of hydrogen-bond acceptors (Lipinski definition) is 2. The third-order valence-electron chi connectivity index (χ3n) is 3.99. The van der Waals surface area contributed by atoms with Crippen molar-refractivity contribution in [2.24, 2.45) is 11.3 Å².